The number of piperidine rings is 1. The van der Waals surface area contributed by atoms with E-state index in [0.717, 1.165) is 37.2 Å². The van der Waals surface area contributed by atoms with Gasteiger partial charge in [0, 0.05) is 19.2 Å². The lowest BCUT2D eigenvalue weighted by molar-refractivity contribution is -0.126. The van der Waals surface area contributed by atoms with Crippen LogP contribution in [0.4, 0.5) is 0 Å². The van der Waals surface area contributed by atoms with Crippen LogP contribution in [0.3, 0.4) is 0 Å². The van der Waals surface area contributed by atoms with Crippen LogP contribution in [0.15, 0.2) is 30.3 Å². The Bertz CT molecular complexity index is 417. The number of benzene rings is 1. The molecule has 1 aliphatic rings. The Labute approximate surface area is 108 Å². The van der Waals surface area contributed by atoms with E-state index in [1.54, 1.807) is 13.2 Å². The topological polar surface area (TPSA) is 29.5 Å². The summed E-state index contributed by atoms with van der Waals surface area (Å²) >= 11 is 0. The molecule has 0 bridgehead atoms. The molecule has 1 aliphatic heterocycles. The van der Waals surface area contributed by atoms with Gasteiger partial charge in [-0.3, -0.25) is 4.79 Å². The van der Waals surface area contributed by atoms with Gasteiger partial charge in [-0.25, -0.2) is 0 Å². The Balaban J connectivity index is 1.94. The summed E-state index contributed by atoms with van der Waals surface area (Å²) in [5, 5.41) is 0. The molecule has 1 saturated heterocycles. The number of carbonyl (C=O) groups excluding carboxylic acids is 1. The van der Waals surface area contributed by atoms with Crippen molar-refractivity contribution in [3.8, 4) is 5.75 Å². The molecule has 0 aliphatic carbocycles. The maximum absolute atomic E-state index is 11.9. The molecule has 0 saturated carbocycles. The van der Waals surface area contributed by atoms with E-state index in [-0.39, 0.29) is 5.91 Å². The Morgan fingerprint density at radius 1 is 1.17 bits per heavy atom. The van der Waals surface area contributed by atoms with Crippen LogP contribution < -0.4 is 4.74 Å². The van der Waals surface area contributed by atoms with Gasteiger partial charge in [-0.05, 0) is 43.0 Å². The number of amides is 1. The lowest BCUT2D eigenvalue weighted by atomic mass is 10.1. The second-order valence-electron chi connectivity index (χ2n) is 4.49. The smallest absolute Gasteiger partial charge is 0.246 e. The summed E-state index contributed by atoms with van der Waals surface area (Å²) in [5.74, 6) is 0.944. The van der Waals surface area contributed by atoms with Gasteiger partial charge in [-0.1, -0.05) is 12.1 Å². The number of rotatable bonds is 3. The van der Waals surface area contributed by atoms with Crippen LogP contribution in [-0.2, 0) is 4.79 Å². The highest BCUT2D eigenvalue weighted by molar-refractivity contribution is 5.91. The quantitative estimate of drug-likeness (QED) is 0.766. The number of nitrogens with zero attached hydrogens (tertiary/aromatic N) is 1. The first-order chi connectivity index (χ1) is 8.79. The third kappa shape index (κ3) is 3.36. The number of hydrogen-bond acceptors (Lipinski definition) is 2. The number of likely N-dealkylation sites (tertiary alicyclic amines) is 1. The monoisotopic (exact) mass is 245 g/mol. The summed E-state index contributed by atoms with van der Waals surface area (Å²) in [5.41, 5.74) is 1.01. The van der Waals surface area contributed by atoms with Gasteiger partial charge >= 0.3 is 0 Å². The van der Waals surface area contributed by atoms with Gasteiger partial charge in [0.15, 0.2) is 0 Å². The maximum Gasteiger partial charge on any atom is 0.246 e. The van der Waals surface area contributed by atoms with Crippen LogP contribution in [0.5, 0.6) is 5.75 Å². The highest BCUT2D eigenvalue weighted by Gasteiger charge is 2.13. The molecule has 2 rings (SSSR count). The zero-order valence-electron chi connectivity index (χ0n) is 10.8. The van der Waals surface area contributed by atoms with Crippen molar-refractivity contribution in [3.63, 3.8) is 0 Å². The minimum Gasteiger partial charge on any atom is -0.497 e. The number of ether oxygens (including phenoxy) is 1. The molecule has 0 unspecified atom stereocenters. The van der Waals surface area contributed by atoms with Crippen LogP contribution in [0.25, 0.3) is 6.08 Å². The third-order valence-corrected chi connectivity index (χ3v) is 3.20. The first-order valence-corrected chi connectivity index (χ1v) is 6.40. The summed E-state index contributed by atoms with van der Waals surface area (Å²) in [4.78, 5) is 13.8. The van der Waals surface area contributed by atoms with Crippen molar-refractivity contribution in [2.45, 2.75) is 19.3 Å². The second kappa shape index (κ2) is 6.24. The van der Waals surface area contributed by atoms with Gasteiger partial charge in [0.2, 0.25) is 5.91 Å². The first kappa shape index (κ1) is 12.7. The van der Waals surface area contributed by atoms with Crippen molar-refractivity contribution in [1.82, 2.24) is 4.90 Å². The van der Waals surface area contributed by atoms with Crippen LogP contribution in [-0.4, -0.2) is 31.0 Å². The lowest BCUT2D eigenvalue weighted by Gasteiger charge is -2.25. The Morgan fingerprint density at radius 2 is 1.83 bits per heavy atom. The molecule has 96 valence electrons. The Kier molecular flexibility index (Phi) is 4.40. The number of hydrogen-bond donors (Lipinski definition) is 0. The molecule has 0 N–H and O–H groups in total. The zero-order valence-corrected chi connectivity index (χ0v) is 10.8. The normalized spacial score (nSPS) is 15.9. The van der Waals surface area contributed by atoms with E-state index in [1.165, 1.54) is 6.42 Å². The molecule has 0 atom stereocenters. The Morgan fingerprint density at radius 3 is 2.44 bits per heavy atom. The fraction of sp³-hybridized carbons (Fsp3) is 0.400. The third-order valence-electron chi connectivity index (χ3n) is 3.20. The minimum absolute atomic E-state index is 0.116. The largest absolute Gasteiger partial charge is 0.497 e. The van der Waals surface area contributed by atoms with Crippen LogP contribution in [0.1, 0.15) is 24.8 Å². The van der Waals surface area contributed by atoms with Crippen LogP contribution >= 0.6 is 0 Å². The van der Waals surface area contributed by atoms with Gasteiger partial charge in [-0.15, -0.1) is 0 Å². The summed E-state index contributed by atoms with van der Waals surface area (Å²) in [7, 11) is 1.64. The molecule has 1 fully saturated rings. The molecule has 0 radical (unpaired) electrons. The average molecular weight is 245 g/mol. The van der Waals surface area contributed by atoms with E-state index < -0.39 is 0 Å². The maximum atomic E-state index is 11.9. The zero-order chi connectivity index (χ0) is 12.8. The summed E-state index contributed by atoms with van der Waals surface area (Å²) in [6.45, 7) is 1.79. The van der Waals surface area contributed by atoms with Crippen molar-refractivity contribution in [2.24, 2.45) is 0 Å². The predicted molar refractivity (Wildman–Crippen MR) is 72.5 cm³/mol. The average Bonchev–Trinajstić information content (AvgIpc) is 2.46. The molecule has 1 aromatic rings. The van der Waals surface area contributed by atoms with Crippen LogP contribution in [0.2, 0.25) is 0 Å². The summed E-state index contributed by atoms with van der Waals surface area (Å²) in [6.07, 6.45) is 7.01. The molecule has 3 heteroatoms. The van der Waals surface area contributed by atoms with Crippen molar-refractivity contribution >= 4 is 12.0 Å². The van der Waals surface area contributed by atoms with Crippen molar-refractivity contribution < 1.29 is 9.53 Å². The fourth-order valence-electron chi connectivity index (χ4n) is 2.10. The van der Waals surface area contributed by atoms with Crippen molar-refractivity contribution in [3.05, 3.63) is 35.9 Å². The molecule has 18 heavy (non-hydrogen) atoms. The van der Waals surface area contributed by atoms with Crippen molar-refractivity contribution in [2.75, 3.05) is 20.2 Å². The molecule has 0 aromatic heterocycles. The van der Waals surface area contributed by atoms with E-state index >= 15 is 0 Å². The minimum atomic E-state index is 0.116. The summed E-state index contributed by atoms with van der Waals surface area (Å²) < 4.78 is 5.09. The number of methoxy groups -OCH3 is 1. The predicted octanol–water partition coefficient (Wildman–Crippen LogP) is 2.72. The van der Waals surface area contributed by atoms with E-state index in [1.807, 2.05) is 35.2 Å². The van der Waals surface area contributed by atoms with Gasteiger partial charge in [-0.2, -0.15) is 0 Å². The van der Waals surface area contributed by atoms with Gasteiger partial charge in [0.05, 0.1) is 7.11 Å². The van der Waals surface area contributed by atoms with E-state index in [2.05, 4.69) is 0 Å². The van der Waals surface area contributed by atoms with E-state index in [0.29, 0.717) is 0 Å². The molecule has 0 spiro atoms. The number of carbonyl (C=O) groups is 1. The highest BCUT2D eigenvalue weighted by Crippen LogP contribution is 2.13. The van der Waals surface area contributed by atoms with E-state index in [4.69, 9.17) is 4.74 Å². The molecule has 1 amide bonds. The first-order valence-electron chi connectivity index (χ1n) is 6.40. The van der Waals surface area contributed by atoms with Crippen LogP contribution in [0, 0.1) is 0 Å². The Hall–Kier alpha value is -1.77. The standard InChI is InChI=1S/C15H19NO2/c1-18-14-8-5-13(6-9-14)7-10-15(17)16-11-3-2-4-12-16/h5-10H,2-4,11-12H2,1H3/b10-7-. The molecular weight excluding hydrogens is 226 g/mol. The van der Waals surface area contributed by atoms with Gasteiger partial charge < -0.3 is 9.64 Å². The molecule has 1 aromatic carbocycles. The van der Waals surface area contributed by atoms with E-state index in [9.17, 15) is 4.79 Å². The fourth-order valence-corrected chi connectivity index (χ4v) is 2.10. The van der Waals surface area contributed by atoms with Gasteiger partial charge in [0.1, 0.15) is 5.75 Å². The lowest BCUT2D eigenvalue weighted by Crippen LogP contribution is -2.34. The summed E-state index contributed by atoms with van der Waals surface area (Å²) in [6, 6.07) is 7.67. The SMILES string of the molecule is COc1ccc(/C=C\C(=O)N2CCCCC2)cc1. The second-order valence-corrected chi connectivity index (χ2v) is 4.49. The van der Waals surface area contributed by atoms with Gasteiger partial charge in [0.25, 0.3) is 0 Å². The molecule has 1 heterocycles. The molecule has 3 nitrogen and oxygen atoms in total. The van der Waals surface area contributed by atoms with Crippen molar-refractivity contribution in [1.29, 1.82) is 0 Å². The molecular formula is C15H19NO2. The highest BCUT2D eigenvalue weighted by atomic mass is 16.5.